The van der Waals surface area contributed by atoms with Crippen LogP contribution in [0.15, 0.2) is 18.2 Å². The van der Waals surface area contributed by atoms with E-state index in [0.717, 1.165) is 0 Å². The molecular weight excluding hydrogens is 222 g/mol. The Bertz CT molecular complexity index is 498. The highest BCUT2D eigenvalue weighted by atomic mass is 35.5. The van der Waals surface area contributed by atoms with Gasteiger partial charge in [-0.1, -0.05) is 11.6 Å². The van der Waals surface area contributed by atoms with Crippen LogP contribution in [-0.4, -0.2) is 25.5 Å². The van der Waals surface area contributed by atoms with E-state index in [1.54, 1.807) is 0 Å². The molecule has 0 saturated heterocycles. The average molecular weight is 226 g/mol. The number of H-pyrrole nitrogens is 1. The maximum Gasteiger partial charge on any atom is 0.270 e. The van der Waals surface area contributed by atoms with Crippen LogP contribution in [0.3, 0.4) is 0 Å². The van der Waals surface area contributed by atoms with Crippen LogP contribution in [-0.2, 0) is 0 Å². The number of benzene rings is 1. The number of nitrogens with one attached hydrogen (secondary N) is 1. The molecule has 0 radical (unpaired) electrons. The van der Waals surface area contributed by atoms with Gasteiger partial charge >= 0.3 is 0 Å². The van der Waals surface area contributed by atoms with Gasteiger partial charge in [-0.05, 0) is 11.3 Å². The van der Waals surface area contributed by atoms with Crippen LogP contribution in [0.25, 0.3) is 11.4 Å². The Labute approximate surface area is 88.2 Å². The van der Waals surface area contributed by atoms with Crippen molar-refractivity contribution in [3.63, 3.8) is 0 Å². The third-order valence-electron chi connectivity index (χ3n) is 1.75. The molecule has 7 nitrogen and oxygen atoms in total. The smallest absolute Gasteiger partial charge is 0.258 e. The molecule has 0 aliphatic carbocycles. The maximum absolute atomic E-state index is 10.5. The first-order chi connectivity index (χ1) is 7.18. The van der Waals surface area contributed by atoms with E-state index in [9.17, 15) is 10.1 Å². The molecule has 2 aromatic rings. The number of tetrazole rings is 1. The van der Waals surface area contributed by atoms with E-state index in [0.29, 0.717) is 10.6 Å². The number of nitro groups is 1. The summed E-state index contributed by atoms with van der Waals surface area (Å²) in [5.41, 5.74) is 0.304. The van der Waals surface area contributed by atoms with Crippen LogP contribution >= 0.6 is 11.6 Å². The summed E-state index contributed by atoms with van der Waals surface area (Å²) in [5, 5.41) is 23.8. The maximum atomic E-state index is 10.5. The number of nitrogens with zero attached hydrogens (tertiary/aromatic N) is 4. The first-order valence-electron chi connectivity index (χ1n) is 3.86. The second-order valence-corrected chi connectivity index (χ2v) is 3.06. The van der Waals surface area contributed by atoms with Gasteiger partial charge in [-0.3, -0.25) is 10.1 Å². The Hall–Kier alpha value is -2.02. The lowest BCUT2D eigenvalue weighted by atomic mass is 10.2. The lowest BCUT2D eigenvalue weighted by Gasteiger charge is -1.98. The number of aromatic amines is 1. The van der Waals surface area contributed by atoms with Crippen molar-refractivity contribution in [2.24, 2.45) is 0 Å². The number of hydrogen-bond donors (Lipinski definition) is 1. The fourth-order valence-corrected chi connectivity index (χ4v) is 1.28. The molecule has 1 aromatic carbocycles. The third-order valence-corrected chi connectivity index (χ3v) is 2.08. The van der Waals surface area contributed by atoms with Gasteiger partial charge in [0.1, 0.15) is 0 Å². The summed E-state index contributed by atoms with van der Waals surface area (Å²) in [4.78, 5) is 10.0. The molecule has 0 saturated carbocycles. The first-order valence-corrected chi connectivity index (χ1v) is 4.24. The Morgan fingerprint density at radius 2 is 2.27 bits per heavy atom. The Kier molecular flexibility index (Phi) is 2.30. The van der Waals surface area contributed by atoms with Crippen molar-refractivity contribution in [3.8, 4) is 11.4 Å². The Morgan fingerprint density at radius 1 is 1.47 bits per heavy atom. The highest BCUT2D eigenvalue weighted by Gasteiger charge is 2.13. The number of halogens is 1. The van der Waals surface area contributed by atoms with E-state index in [2.05, 4.69) is 20.6 Å². The molecule has 15 heavy (non-hydrogen) atoms. The van der Waals surface area contributed by atoms with Crippen LogP contribution in [0, 0.1) is 10.1 Å². The van der Waals surface area contributed by atoms with Gasteiger partial charge in [-0.2, -0.15) is 5.21 Å². The topological polar surface area (TPSA) is 97.6 Å². The quantitative estimate of drug-likeness (QED) is 0.616. The van der Waals surface area contributed by atoms with E-state index in [-0.39, 0.29) is 11.5 Å². The summed E-state index contributed by atoms with van der Waals surface area (Å²) in [5.74, 6) is 0.226. The third kappa shape index (κ3) is 1.77. The van der Waals surface area contributed by atoms with Crippen LogP contribution in [0.5, 0.6) is 0 Å². The molecular formula is C7H4ClN5O2. The van der Waals surface area contributed by atoms with Gasteiger partial charge in [-0.25, -0.2) is 0 Å². The second kappa shape index (κ2) is 3.62. The van der Waals surface area contributed by atoms with Crippen molar-refractivity contribution in [1.82, 2.24) is 20.6 Å². The number of hydrogen-bond acceptors (Lipinski definition) is 5. The van der Waals surface area contributed by atoms with Crippen LogP contribution in [0.4, 0.5) is 5.69 Å². The summed E-state index contributed by atoms with van der Waals surface area (Å²) < 4.78 is 0. The van der Waals surface area contributed by atoms with Crippen LogP contribution < -0.4 is 0 Å². The molecule has 0 aliphatic rings. The molecule has 0 spiro atoms. The van der Waals surface area contributed by atoms with Crippen molar-refractivity contribution in [1.29, 1.82) is 0 Å². The monoisotopic (exact) mass is 225 g/mol. The highest BCUT2D eigenvalue weighted by Crippen LogP contribution is 2.28. The Morgan fingerprint density at radius 3 is 2.87 bits per heavy atom. The number of aromatic nitrogens is 4. The molecule has 0 bridgehead atoms. The van der Waals surface area contributed by atoms with E-state index < -0.39 is 4.92 Å². The molecule has 0 aliphatic heterocycles. The van der Waals surface area contributed by atoms with Gasteiger partial charge in [-0.15, -0.1) is 10.2 Å². The number of rotatable bonds is 2. The molecule has 0 fully saturated rings. The second-order valence-electron chi connectivity index (χ2n) is 2.66. The number of non-ortho nitro benzene ring substituents is 1. The van der Waals surface area contributed by atoms with Crippen molar-refractivity contribution in [2.45, 2.75) is 0 Å². The van der Waals surface area contributed by atoms with E-state index in [1.807, 2.05) is 0 Å². The SMILES string of the molecule is O=[N+]([O-])c1ccc(Cl)c(-c2nn[nH]n2)c1. The minimum atomic E-state index is -0.514. The summed E-state index contributed by atoms with van der Waals surface area (Å²) in [6.07, 6.45) is 0. The zero-order valence-corrected chi connectivity index (χ0v) is 7.97. The first kappa shape index (κ1) is 9.53. The lowest BCUT2D eigenvalue weighted by molar-refractivity contribution is -0.384. The highest BCUT2D eigenvalue weighted by molar-refractivity contribution is 6.33. The fraction of sp³-hybridized carbons (Fsp3) is 0. The van der Waals surface area contributed by atoms with Gasteiger partial charge in [0, 0.05) is 17.7 Å². The fourth-order valence-electron chi connectivity index (χ4n) is 1.07. The zero-order chi connectivity index (χ0) is 10.8. The minimum absolute atomic E-state index is 0.0702. The molecule has 0 unspecified atom stereocenters. The van der Waals surface area contributed by atoms with Crippen molar-refractivity contribution < 1.29 is 4.92 Å². The van der Waals surface area contributed by atoms with Crippen LogP contribution in [0.2, 0.25) is 5.02 Å². The van der Waals surface area contributed by atoms with E-state index in [1.165, 1.54) is 18.2 Å². The molecule has 2 rings (SSSR count). The predicted octanol–water partition coefficient (Wildman–Crippen LogP) is 1.43. The zero-order valence-electron chi connectivity index (χ0n) is 7.22. The van der Waals surface area contributed by atoms with Crippen LogP contribution in [0.1, 0.15) is 0 Å². The Balaban J connectivity index is 2.55. The molecule has 1 heterocycles. The molecule has 8 heteroatoms. The molecule has 76 valence electrons. The van der Waals surface area contributed by atoms with E-state index >= 15 is 0 Å². The van der Waals surface area contributed by atoms with Gasteiger partial charge in [0.2, 0.25) is 5.82 Å². The van der Waals surface area contributed by atoms with Crippen molar-refractivity contribution in [3.05, 3.63) is 33.3 Å². The minimum Gasteiger partial charge on any atom is -0.258 e. The average Bonchev–Trinajstić information content (AvgIpc) is 2.71. The van der Waals surface area contributed by atoms with Crippen molar-refractivity contribution in [2.75, 3.05) is 0 Å². The van der Waals surface area contributed by atoms with Crippen molar-refractivity contribution >= 4 is 17.3 Å². The molecule has 1 N–H and O–H groups in total. The summed E-state index contributed by atoms with van der Waals surface area (Å²) in [6.45, 7) is 0. The lowest BCUT2D eigenvalue weighted by Crippen LogP contribution is -1.90. The van der Waals surface area contributed by atoms with E-state index in [4.69, 9.17) is 11.6 Å². The summed E-state index contributed by atoms with van der Waals surface area (Å²) in [7, 11) is 0. The summed E-state index contributed by atoms with van der Waals surface area (Å²) in [6, 6.07) is 4.03. The molecule has 0 atom stereocenters. The van der Waals surface area contributed by atoms with Gasteiger partial charge in [0.15, 0.2) is 0 Å². The largest absolute Gasteiger partial charge is 0.270 e. The summed E-state index contributed by atoms with van der Waals surface area (Å²) >= 11 is 5.85. The normalized spacial score (nSPS) is 10.2. The van der Waals surface area contributed by atoms with Gasteiger partial charge in [0.05, 0.1) is 9.95 Å². The van der Waals surface area contributed by atoms with Gasteiger partial charge in [0.25, 0.3) is 5.69 Å². The predicted molar refractivity (Wildman–Crippen MR) is 51.3 cm³/mol. The number of nitro benzene ring substituents is 1. The standard InChI is InChI=1S/C7H4ClN5O2/c8-6-2-1-4(13(14)15)3-5(6)7-9-11-12-10-7/h1-3H,(H,9,10,11,12). The molecule has 0 amide bonds. The molecule has 1 aromatic heterocycles. The van der Waals surface area contributed by atoms with Gasteiger partial charge < -0.3 is 0 Å².